The zero-order chi connectivity index (χ0) is 14.5. The van der Waals surface area contributed by atoms with E-state index in [2.05, 4.69) is 0 Å². The lowest BCUT2D eigenvalue weighted by atomic mass is 10.0. The van der Waals surface area contributed by atoms with E-state index in [0.29, 0.717) is 6.54 Å². The van der Waals surface area contributed by atoms with Gasteiger partial charge < -0.3 is 15.1 Å². The zero-order valence-electron chi connectivity index (χ0n) is 11.9. The molecule has 0 spiro atoms. The molecule has 1 fully saturated rings. The van der Waals surface area contributed by atoms with Crippen molar-refractivity contribution in [2.75, 3.05) is 13.6 Å². The maximum Gasteiger partial charge on any atom is 0.225 e. The van der Waals surface area contributed by atoms with Crippen LogP contribution in [0.3, 0.4) is 0 Å². The van der Waals surface area contributed by atoms with E-state index in [1.165, 1.54) is 0 Å². The number of rotatable bonds is 5. The van der Waals surface area contributed by atoms with Gasteiger partial charge in [-0.25, -0.2) is 0 Å². The largest absolute Gasteiger partial charge is 0.393 e. The summed E-state index contributed by atoms with van der Waals surface area (Å²) in [5.41, 5.74) is 0.759. The molecule has 3 unspecified atom stereocenters. The minimum Gasteiger partial charge on any atom is -0.393 e. The zero-order valence-corrected chi connectivity index (χ0v) is 11.9. The monoisotopic (exact) mass is 277 g/mol. The van der Waals surface area contributed by atoms with Crippen molar-refractivity contribution in [3.8, 4) is 0 Å². The van der Waals surface area contributed by atoms with E-state index >= 15 is 0 Å². The molecular formula is C16H23NO3. The molecule has 4 heteroatoms. The smallest absolute Gasteiger partial charge is 0.225 e. The van der Waals surface area contributed by atoms with Crippen molar-refractivity contribution >= 4 is 5.91 Å². The predicted molar refractivity (Wildman–Crippen MR) is 77.0 cm³/mol. The van der Waals surface area contributed by atoms with E-state index in [1.807, 2.05) is 30.3 Å². The Morgan fingerprint density at radius 3 is 2.65 bits per heavy atom. The minimum absolute atomic E-state index is 0.0829. The fourth-order valence-corrected chi connectivity index (χ4v) is 2.80. The number of amides is 1. The van der Waals surface area contributed by atoms with Crippen molar-refractivity contribution in [1.82, 2.24) is 4.90 Å². The van der Waals surface area contributed by atoms with Crippen LogP contribution in [0.5, 0.6) is 0 Å². The second-order valence-electron chi connectivity index (χ2n) is 5.66. The molecule has 0 heterocycles. The lowest BCUT2D eigenvalue weighted by molar-refractivity contribution is -0.132. The summed E-state index contributed by atoms with van der Waals surface area (Å²) in [5.74, 6) is 0.0956. The summed E-state index contributed by atoms with van der Waals surface area (Å²) < 4.78 is 0. The average Bonchev–Trinajstić information content (AvgIpc) is 2.85. The van der Waals surface area contributed by atoms with Crippen LogP contribution >= 0.6 is 0 Å². The van der Waals surface area contributed by atoms with Crippen LogP contribution in [0, 0.1) is 5.92 Å². The molecule has 2 N–H and O–H groups in total. The van der Waals surface area contributed by atoms with Crippen LogP contribution in [0.1, 0.15) is 37.4 Å². The molecule has 0 aliphatic heterocycles. The highest BCUT2D eigenvalue weighted by atomic mass is 16.3. The first-order valence-electron chi connectivity index (χ1n) is 7.23. The van der Waals surface area contributed by atoms with Crippen molar-refractivity contribution in [3.05, 3.63) is 35.9 Å². The number of benzene rings is 1. The van der Waals surface area contributed by atoms with E-state index in [0.717, 1.165) is 24.8 Å². The van der Waals surface area contributed by atoms with Gasteiger partial charge in [-0.3, -0.25) is 4.79 Å². The fourth-order valence-electron chi connectivity index (χ4n) is 2.80. The molecule has 1 amide bonds. The van der Waals surface area contributed by atoms with Crippen LogP contribution in [-0.2, 0) is 4.79 Å². The van der Waals surface area contributed by atoms with Crippen LogP contribution in [0.25, 0.3) is 0 Å². The molecule has 0 bridgehead atoms. The normalized spacial score (nSPS) is 23.6. The highest BCUT2D eigenvalue weighted by Gasteiger charge is 2.28. The average molecular weight is 277 g/mol. The minimum atomic E-state index is -0.764. The number of aliphatic hydroxyl groups excluding tert-OH is 2. The summed E-state index contributed by atoms with van der Waals surface area (Å²) in [7, 11) is 1.74. The SMILES string of the molecule is CN(CC1CCCC1O)C(=O)CC(O)c1ccccc1. The summed E-state index contributed by atoms with van der Waals surface area (Å²) in [4.78, 5) is 13.7. The Hall–Kier alpha value is -1.39. The molecular weight excluding hydrogens is 254 g/mol. The van der Waals surface area contributed by atoms with E-state index in [9.17, 15) is 15.0 Å². The van der Waals surface area contributed by atoms with Gasteiger partial charge in [-0.1, -0.05) is 36.8 Å². The number of carbonyl (C=O) groups excluding carboxylic acids is 1. The molecule has 0 saturated heterocycles. The van der Waals surface area contributed by atoms with Crippen LogP contribution in [0.2, 0.25) is 0 Å². The highest BCUT2D eigenvalue weighted by Crippen LogP contribution is 2.26. The van der Waals surface area contributed by atoms with Crippen molar-refractivity contribution in [1.29, 1.82) is 0 Å². The van der Waals surface area contributed by atoms with Crippen molar-refractivity contribution < 1.29 is 15.0 Å². The quantitative estimate of drug-likeness (QED) is 0.861. The molecule has 20 heavy (non-hydrogen) atoms. The molecule has 0 radical (unpaired) electrons. The number of aliphatic hydroxyl groups is 2. The third-order valence-electron chi connectivity index (χ3n) is 4.11. The summed E-state index contributed by atoms with van der Waals surface area (Å²) in [5, 5.41) is 19.8. The Balaban J connectivity index is 1.84. The molecule has 110 valence electrons. The molecule has 1 aromatic carbocycles. The predicted octanol–water partition coefficient (Wildman–Crippen LogP) is 1.73. The number of hydrogen-bond acceptors (Lipinski definition) is 3. The lowest BCUT2D eigenvalue weighted by Crippen LogP contribution is -2.35. The number of carbonyl (C=O) groups is 1. The molecule has 1 aliphatic carbocycles. The summed E-state index contributed by atoms with van der Waals surface area (Å²) in [6, 6.07) is 9.21. The standard InChI is InChI=1S/C16H23NO3/c1-17(11-13-8-5-9-14(13)18)16(20)10-15(19)12-6-3-2-4-7-12/h2-4,6-7,13-15,18-19H,5,8-11H2,1H3. The molecule has 3 atom stereocenters. The first-order valence-corrected chi connectivity index (χ1v) is 7.23. The van der Waals surface area contributed by atoms with Crippen LogP contribution in [0.4, 0.5) is 0 Å². The van der Waals surface area contributed by atoms with E-state index in [-0.39, 0.29) is 24.3 Å². The first-order chi connectivity index (χ1) is 9.58. The van der Waals surface area contributed by atoms with Gasteiger partial charge >= 0.3 is 0 Å². The molecule has 1 saturated carbocycles. The maximum atomic E-state index is 12.1. The lowest BCUT2D eigenvalue weighted by Gasteiger charge is -2.24. The Kier molecular flexibility index (Phi) is 5.15. The molecule has 4 nitrogen and oxygen atoms in total. The Labute approximate surface area is 120 Å². The first kappa shape index (κ1) is 15.0. The Morgan fingerprint density at radius 1 is 1.35 bits per heavy atom. The molecule has 2 rings (SSSR count). The van der Waals surface area contributed by atoms with E-state index in [1.54, 1.807) is 11.9 Å². The van der Waals surface area contributed by atoms with Gasteiger partial charge in [0.15, 0.2) is 0 Å². The van der Waals surface area contributed by atoms with Crippen LogP contribution in [0.15, 0.2) is 30.3 Å². The Morgan fingerprint density at radius 2 is 2.05 bits per heavy atom. The van der Waals surface area contributed by atoms with Gasteiger partial charge in [0, 0.05) is 19.5 Å². The Bertz CT molecular complexity index is 435. The van der Waals surface area contributed by atoms with Gasteiger partial charge in [0.1, 0.15) is 0 Å². The van der Waals surface area contributed by atoms with Gasteiger partial charge in [-0.05, 0) is 18.4 Å². The highest BCUT2D eigenvalue weighted by molar-refractivity contribution is 5.76. The second kappa shape index (κ2) is 6.86. The molecule has 0 aromatic heterocycles. The topological polar surface area (TPSA) is 60.8 Å². The van der Waals surface area contributed by atoms with Crippen molar-refractivity contribution in [2.24, 2.45) is 5.92 Å². The summed E-state index contributed by atoms with van der Waals surface area (Å²) in [6.45, 7) is 0.571. The van der Waals surface area contributed by atoms with Gasteiger partial charge in [-0.2, -0.15) is 0 Å². The van der Waals surface area contributed by atoms with Crippen LogP contribution < -0.4 is 0 Å². The van der Waals surface area contributed by atoms with Gasteiger partial charge in [-0.15, -0.1) is 0 Å². The third kappa shape index (κ3) is 3.81. The summed E-state index contributed by atoms with van der Waals surface area (Å²) in [6.07, 6.45) is 1.87. The van der Waals surface area contributed by atoms with E-state index < -0.39 is 6.10 Å². The van der Waals surface area contributed by atoms with Gasteiger partial charge in [0.25, 0.3) is 0 Å². The summed E-state index contributed by atoms with van der Waals surface area (Å²) >= 11 is 0. The number of nitrogens with zero attached hydrogens (tertiary/aromatic N) is 1. The third-order valence-corrected chi connectivity index (χ3v) is 4.11. The maximum absolute atomic E-state index is 12.1. The number of hydrogen-bond donors (Lipinski definition) is 2. The van der Waals surface area contributed by atoms with Crippen molar-refractivity contribution in [3.63, 3.8) is 0 Å². The second-order valence-corrected chi connectivity index (χ2v) is 5.66. The van der Waals surface area contributed by atoms with Gasteiger partial charge in [0.2, 0.25) is 5.91 Å². The molecule has 1 aromatic rings. The van der Waals surface area contributed by atoms with Gasteiger partial charge in [0.05, 0.1) is 18.6 Å². The fraction of sp³-hybridized carbons (Fsp3) is 0.562. The van der Waals surface area contributed by atoms with E-state index in [4.69, 9.17) is 0 Å². The van der Waals surface area contributed by atoms with Crippen molar-refractivity contribution in [2.45, 2.75) is 37.9 Å². The van der Waals surface area contributed by atoms with Crippen LogP contribution in [-0.4, -0.2) is 40.7 Å². The molecule has 1 aliphatic rings.